The Morgan fingerprint density at radius 1 is 1.21 bits per heavy atom. The lowest BCUT2D eigenvalue weighted by Gasteiger charge is -2.43. The van der Waals surface area contributed by atoms with E-state index < -0.39 is 10.1 Å². The highest BCUT2D eigenvalue weighted by Crippen LogP contribution is 2.38. The first-order valence-electron chi connectivity index (χ1n) is 5.35. The van der Waals surface area contributed by atoms with Gasteiger partial charge in [0.15, 0.2) is 0 Å². The minimum atomic E-state index is -3.26. The standard InChI is InChI=1S/C9H15NO3S/c11-14(12)8-3-1-2-7(6-8)10-5-4-9(10)13-14/h7-9H,1-6H2. The van der Waals surface area contributed by atoms with E-state index in [1.807, 2.05) is 0 Å². The molecular formula is C9H15NO3S. The van der Waals surface area contributed by atoms with Gasteiger partial charge in [0.2, 0.25) is 0 Å². The molecule has 0 aromatic carbocycles. The van der Waals surface area contributed by atoms with Gasteiger partial charge in [-0.2, -0.15) is 8.42 Å². The number of hydrogen-bond donors (Lipinski definition) is 0. The molecule has 0 radical (unpaired) electrons. The molecule has 0 amide bonds. The monoisotopic (exact) mass is 217 g/mol. The van der Waals surface area contributed by atoms with Crippen molar-refractivity contribution in [2.24, 2.45) is 0 Å². The Kier molecular flexibility index (Phi) is 1.91. The second-order valence-corrected chi connectivity index (χ2v) is 6.36. The maximum absolute atomic E-state index is 11.8. The molecule has 5 heteroatoms. The topological polar surface area (TPSA) is 46.6 Å². The largest absolute Gasteiger partial charge is 0.274 e. The van der Waals surface area contributed by atoms with Crippen molar-refractivity contribution in [2.45, 2.75) is 49.6 Å². The maximum atomic E-state index is 11.8. The third kappa shape index (κ3) is 1.22. The summed E-state index contributed by atoms with van der Waals surface area (Å²) in [7, 11) is -3.26. The van der Waals surface area contributed by atoms with E-state index in [0.717, 1.165) is 38.6 Å². The Hall–Kier alpha value is -0.130. The summed E-state index contributed by atoms with van der Waals surface area (Å²) in [6.07, 6.45) is 4.50. The molecule has 0 spiro atoms. The van der Waals surface area contributed by atoms with E-state index in [1.54, 1.807) is 0 Å². The Morgan fingerprint density at radius 3 is 2.79 bits per heavy atom. The Labute approximate surface area is 84.3 Å². The molecule has 1 saturated carbocycles. The van der Waals surface area contributed by atoms with Crippen molar-refractivity contribution >= 4 is 10.1 Å². The molecule has 0 aromatic heterocycles. The van der Waals surface area contributed by atoms with Gasteiger partial charge in [-0.05, 0) is 19.3 Å². The van der Waals surface area contributed by atoms with Gasteiger partial charge in [0.05, 0.1) is 5.25 Å². The lowest BCUT2D eigenvalue weighted by atomic mass is 9.91. The van der Waals surface area contributed by atoms with Gasteiger partial charge >= 0.3 is 0 Å². The fourth-order valence-corrected chi connectivity index (χ4v) is 4.41. The maximum Gasteiger partial charge on any atom is 0.271 e. The average molecular weight is 217 g/mol. The van der Waals surface area contributed by atoms with Crippen LogP contribution in [0, 0.1) is 0 Å². The van der Waals surface area contributed by atoms with Gasteiger partial charge in [0.1, 0.15) is 6.23 Å². The summed E-state index contributed by atoms with van der Waals surface area (Å²) in [6.45, 7) is 1.01. The van der Waals surface area contributed by atoms with Gasteiger partial charge in [-0.3, -0.25) is 9.08 Å². The molecule has 3 atom stereocenters. The molecule has 80 valence electrons. The molecule has 3 rings (SSSR count). The van der Waals surface area contributed by atoms with Crippen LogP contribution >= 0.6 is 0 Å². The summed E-state index contributed by atoms with van der Waals surface area (Å²) in [5.41, 5.74) is 0. The van der Waals surface area contributed by atoms with E-state index >= 15 is 0 Å². The van der Waals surface area contributed by atoms with Crippen molar-refractivity contribution in [3.63, 3.8) is 0 Å². The quantitative estimate of drug-likeness (QED) is 0.560. The Balaban J connectivity index is 1.95. The molecule has 2 saturated heterocycles. The van der Waals surface area contributed by atoms with Crippen molar-refractivity contribution in [3.05, 3.63) is 0 Å². The van der Waals surface area contributed by atoms with Crippen molar-refractivity contribution in [1.82, 2.24) is 4.90 Å². The first-order chi connectivity index (χ1) is 6.67. The van der Waals surface area contributed by atoms with Gasteiger partial charge in [-0.15, -0.1) is 0 Å². The molecule has 14 heavy (non-hydrogen) atoms. The molecule has 0 N–H and O–H groups in total. The van der Waals surface area contributed by atoms with E-state index in [9.17, 15) is 8.42 Å². The molecule has 0 aromatic rings. The van der Waals surface area contributed by atoms with Crippen LogP contribution in [0.5, 0.6) is 0 Å². The van der Waals surface area contributed by atoms with Crippen molar-refractivity contribution in [2.75, 3.05) is 6.54 Å². The third-order valence-corrected chi connectivity index (χ3v) is 5.46. The minimum absolute atomic E-state index is 0.131. The molecular weight excluding hydrogens is 202 g/mol. The zero-order valence-corrected chi connectivity index (χ0v) is 8.87. The van der Waals surface area contributed by atoms with Crippen LogP contribution in [-0.4, -0.2) is 37.4 Å². The van der Waals surface area contributed by atoms with Crippen LogP contribution in [0.4, 0.5) is 0 Å². The SMILES string of the molecule is O=S1(=O)OC2CCN2C2CCCC1C2. The highest BCUT2D eigenvalue weighted by atomic mass is 32.2. The zero-order valence-electron chi connectivity index (χ0n) is 8.05. The zero-order chi connectivity index (χ0) is 9.76. The normalized spacial score (nSPS) is 46.1. The highest BCUT2D eigenvalue weighted by molar-refractivity contribution is 7.87. The average Bonchev–Trinajstić information content (AvgIpc) is 2.16. The van der Waals surface area contributed by atoms with Crippen molar-refractivity contribution < 1.29 is 12.6 Å². The highest BCUT2D eigenvalue weighted by Gasteiger charge is 2.46. The van der Waals surface area contributed by atoms with Crippen molar-refractivity contribution in [3.8, 4) is 0 Å². The summed E-state index contributed by atoms with van der Waals surface area (Å²) in [4.78, 5) is 2.22. The lowest BCUT2D eigenvalue weighted by molar-refractivity contribution is -0.0754. The van der Waals surface area contributed by atoms with E-state index in [1.165, 1.54) is 0 Å². The first kappa shape index (κ1) is 9.12. The van der Waals surface area contributed by atoms with E-state index in [2.05, 4.69) is 4.90 Å². The molecule has 2 bridgehead atoms. The summed E-state index contributed by atoms with van der Waals surface area (Å²) in [6, 6.07) is 0.463. The second-order valence-electron chi connectivity index (χ2n) is 4.51. The molecule has 3 aliphatic rings. The van der Waals surface area contributed by atoms with Crippen molar-refractivity contribution in [1.29, 1.82) is 0 Å². The smallest absolute Gasteiger partial charge is 0.271 e. The van der Waals surface area contributed by atoms with Gasteiger partial charge in [0, 0.05) is 19.0 Å². The molecule has 3 unspecified atom stereocenters. The van der Waals surface area contributed by atoms with Crippen LogP contribution in [0.2, 0.25) is 0 Å². The molecule has 4 nitrogen and oxygen atoms in total. The van der Waals surface area contributed by atoms with Gasteiger partial charge < -0.3 is 0 Å². The van der Waals surface area contributed by atoms with Gasteiger partial charge in [-0.25, -0.2) is 0 Å². The van der Waals surface area contributed by atoms with E-state index in [4.69, 9.17) is 4.18 Å². The number of rotatable bonds is 0. The van der Waals surface area contributed by atoms with Crippen LogP contribution in [-0.2, 0) is 14.3 Å². The minimum Gasteiger partial charge on any atom is -0.274 e. The Morgan fingerprint density at radius 2 is 2.07 bits per heavy atom. The Bertz CT molecular complexity index is 340. The van der Waals surface area contributed by atoms with Gasteiger partial charge in [0.25, 0.3) is 10.1 Å². The lowest BCUT2D eigenvalue weighted by Crippen LogP contribution is -2.53. The predicted molar refractivity (Wildman–Crippen MR) is 51.2 cm³/mol. The fourth-order valence-electron chi connectivity index (χ4n) is 2.82. The summed E-state index contributed by atoms with van der Waals surface area (Å²) in [5, 5.41) is -0.230. The van der Waals surface area contributed by atoms with E-state index in [0.29, 0.717) is 6.04 Å². The number of nitrogens with zero attached hydrogens (tertiary/aromatic N) is 1. The predicted octanol–water partition coefficient (Wildman–Crippen LogP) is 0.689. The van der Waals surface area contributed by atoms with Crippen LogP contribution < -0.4 is 0 Å². The van der Waals surface area contributed by atoms with Crippen LogP contribution in [0.3, 0.4) is 0 Å². The second kappa shape index (κ2) is 2.93. The number of fused-ring (bicyclic) bond motifs is 4. The molecule has 2 aliphatic heterocycles. The first-order valence-corrected chi connectivity index (χ1v) is 6.82. The van der Waals surface area contributed by atoms with Gasteiger partial charge in [-0.1, -0.05) is 6.42 Å². The van der Waals surface area contributed by atoms with Crippen LogP contribution in [0.25, 0.3) is 0 Å². The molecule has 3 fully saturated rings. The summed E-state index contributed by atoms with van der Waals surface area (Å²) in [5.74, 6) is 0. The molecule has 1 aliphatic carbocycles. The van der Waals surface area contributed by atoms with Crippen LogP contribution in [0.1, 0.15) is 32.1 Å². The fraction of sp³-hybridized carbons (Fsp3) is 1.00. The third-order valence-electron chi connectivity index (χ3n) is 3.73. The summed E-state index contributed by atoms with van der Waals surface area (Å²) >= 11 is 0. The number of hydrogen-bond acceptors (Lipinski definition) is 4. The molecule has 2 heterocycles. The summed E-state index contributed by atoms with van der Waals surface area (Å²) < 4.78 is 28.7. The van der Waals surface area contributed by atoms with E-state index in [-0.39, 0.29) is 11.5 Å². The van der Waals surface area contributed by atoms with Crippen LogP contribution in [0.15, 0.2) is 0 Å².